The highest BCUT2D eigenvalue weighted by molar-refractivity contribution is 7.17. The van der Waals surface area contributed by atoms with Gasteiger partial charge in [-0.25, -0.2) is 0 Å². The van der Waals surface area contributed by atoms with Crippen LogP contribution in [0.4, 0.5) is 5.00 Å². The third-order valence-corrected chi connectivity index (χ3v) is 2.61. The van der Waals surface area contributed by atoms with Crippen molar-refractivity contribution in [1.29, 1.82) is 0 Å². The number of thiophene rings is 1. The summed E-state index contributed by atoms with van der Waals surface area (Å²) in [5, 5.41) is 1.15. The lowest BCUT2D eigenvalue weighted by molar-refractivity contribution is 0.414. The van der Waals surface area contributed by atoms with Crippen molar-refractivity contribution in [1.82, 2.24) is 0 Å². The molecule has 0 radical (unpaired) electrons. The van der Waals surface area contributed by atoms with Crippen LogP contribution in [0.2, 0.25) is 5.02 Å². The second-order valence-electron chi connectivity index (χ2n) is 1.87. The Bertz CT molecular complexity index is 246. The van der Waals surface area contributed by atoms with Gasteiger partial charge in [-0.1, -0.05) is 11.6 Å². The van der Waals surface area contributed by atoms with E-state index in [0.29, 0.717) is 15.8 Å². The van der Waals surface area contributed by atoms with E-state index >= 15 is 0 Å². The van der Waals surface area contributed by atoms with Crippen molar-refractivity contribution in [3.8, 4) is 5.75 Å². The molecule has 2 N–H and O–H groups in total. The fraction of sp³-hybridized carbons (Fsp3) is 0.333. The molecule has 1 aromatic heterocycles. The molecular weight excluding hydrogens is 170 g/mol. The van der Waals surface area contributed by atoms with Gasteiger partial charge < -0.3 is 10.5 Å². The summed E-state index contributed by atoms with van der Waals surface area (Å²) in [5.41, 5.74) is 5.52. The Morgan fingerprint density at radius 2 is 2.20 bits per heavy atom. The van der Waals surface area contributed by atoms with Crippen molar-refractivity contribution in [2.75, 3.05) is 12.8 Å². The summed E-state index contributed by atoms with van der Waals surface area (Å²) in [7, 11) is 1.58. The lowest BCUT2D eigenvalue weighted by Crippen LogP contribution is -1.83. The quantitative estimate of drug-likeness (QED) is 0.715. The zero-order valence-electron chi connectivity index (χ0n) is 5.77. The summed E-state index contributed by atoms with van der Waals surface area (Å²) in [5.74, 6) is 0.698. The van der Waals surface area contributed by atoms with E-state index in [4.69, 9.17) is 22.1 Å². The molecule has 4 heteroatoms. The molecule has 0 unspecified atom stereocenters. The van der Waals surface area contributed by atoms with Gasteiger partial charge in [-0.05, 0) is 6.92 Å². The first-order chi connectivity index (χ1) is 4.66. The number of halogens is 1. The Morgan fingerprint density at radius 3 is 2.40 bits per heavy atom. The lowest BCUT2D eigenvalue weighted by Gasteiger charge is -1.96. The smallest absolute Gasteiger partial charge is 0.153 e. The molecule has 1 heterocycles. The lowest BCUT2D eigenvalue weighted by atomic mass is 10.4. The zero-order chi connectivity index (χ0) is 7.72. The predicted octanol–water partition coefficient (Wildman–Crippen LogP) is 2.30. The van der Waals surface area contributed by atoms with Crippen LogP contribution in [-0.2, 0) is 0 Å². The molecule has 0 atom stereocenters. The van der Waals surface area contributed by atoms with Gasteiger partial charge in [-0.3, -0.25) is 0 Å². The second-order valence-corrected chi connectivity index (χ2v) is 3.50. The summed E-state index contributed by atoms with van der Waals surface area (Å²) in [6, 6.07) is 0. The molecule has 1 rings (SSSR count). The average molecular weight is 178 g/mol. The third kappa shape index (κ3) is 1.07. The van der Waals surface area contributed by atoms with Crippen LogP contribution in [0.5, 0.6) is 5.75 Å². The van der Waals surface area contributed by atoms with Crippen molar-refractivity contribution < 1.29 is 4.74 Å². The highest BCUT2D eigenvalue weighted by Gasteiger charge is 2.10. The second kappa shape index (κ2) is 2.68. The fourth-order valence-corrected chi connectivity index (χ4v) is 1.94. The molecule has 0 saturated carbocycles. The van der Waals surface area contributed by atoms with Gasteiger partial charge in [0.2, 0.25) is 0 Å². The maximum absolute atomic E-state index is 5.77. The number of hydrogen-bond donors (Lipinski definition) is 1. The zero-order valence-corrected chi connectivity index (χ0v) is 7.34. The van der Waals surface area contributed by atoms with Crippen molar-refractivity contribution in [2.24, 2.45) is 0 Å². The summed E-state index contributed by atoms with van der Waals surface area (Å²) in [6.45, 7) is 1.92. The van der Waals surface area contributed by atoms with Gasteiger partial charge in [-0.15, -0.1) is 11.3 Å². The van der Waals surface area contributed by atoms with E-state index < -0.39 is 0 Å². The summed E-state index contributed by atoms with van der Waals surface area (Å²) in [6.07, 6.45) is 0. The Kier molecular flexibility index (Phi) is 2.06. The number of hydrogen-bond acceptors (Lipinski definition) is 3. The van der Waals surface area contributed by atoms with Crippen LogP contribution >= 0.6 is 22.9 Å². The van der Waals surface area contributed by atoms with Gasteiger partial charge in [0.1, 0.15) is 10.0 Å². The molecule has 0 aliphatic heterocycles. The molecule has 0 aliphatic carbocycles. The molecule has 0 amide bonds. The predicted molar refractivity (Wildman–Crippen MR) is 45.0 cm³/mol. The molecular formula is C6H8ClNOS. The Balaban J connectivity index is 3.20. The maximum Gasteiger partial charge on any atom is 0.153 e. The molecule has 56 valence electrons. The van der Waals surface area contributed by atoms with E-state index in [-0.39, 0.29) is 0 Å². The molecule has 0 spiro atoms. The topological polar surface area (TPSA) is 35.2 Å². The summed E-state index contributed by atoms with van der Waals surface area (Å²) < 4.78 is 5.00. The largest absolute Gasteiger partial charge is 0.494 e. The number of ether oxygens (including phenoxy) is 1. The molecule has 0 bridgehead atoms. The Morgan fingerprint density at radius 1 is 1.60 bits per heavy atom. The fourth-order valence-electron chi connectivity index (χ4n) is 0.756. The monoisotopic (exact) mass is 177 g/mol. The highest BCUT2D eigenvalue weighted by Crippen LogP contribution is 2.40. The van der Waals surface area contributed by atoms with Crippen molar-refractivity contribution in [2.45, 2.75) is 6.92 Å². The van der Waals surface area contributed by atoms with E-state index in [1.807, 2.05) is 6.92 Å². The number of nitrogen functional groups attached to an aromatic ring is 1. The van der Waals surface area contributed by atoms with E-state index in [0.717, 1.165) is 4.88 Å². The number of methoxy groups -OCH3 is 1. The van der Waals surface area contributed by atoms with Gasteiger partial charge in [0.15, 0.2) is 5.75 Å². The van der Waals surface area contributed by atoms with Crippen molar-refractivity contribution in [3.05, 3.63) is 9.90 Å². The van der Waals surface area contributed by atoms with Gasteiger partial charge in [-0.2, -0.15) is 0 Å². The minimum Gasteiger partial charge on any atom is -0.494 e. The van der Waals surface area contributed by atoms with E-state index in [1.54, 1.807) is 7.11 Å². The highest BCUT2D eigenvalue weighted by atomic mass is 35.5. The first-order valence-corrected chi connectivity index (χ1v) is 3.94. The van der Waals surface area contributed by atoms with Crippen molar-refractivity contribution >= 4 is 27.9 Å². The molecule has 0 aromatic carbocycles. The van der Waals surface area contributed by atoms with Crippen LogP contribution in [0.25, 0.3) is 0 Å². The van der Waals surface area contributed by atoms with Gasteiger partial charge >= 0.3 is 0 Å². The van der Waals surface area contributed by atoms with Gasteiger partial charge in [0.25, 0.3) is 0 Å². The minimum atomic E-state index is 0.532. The molecule has 1 aromatic rings. The van der Waals surface area contributed by atoms with Crippen LogP contribution < -0.4 is 10.5 Å². The number of aryl methyl sites for hydroxylation is 1. The molecule has 2 nitrogen and oxygen atoms in total. The van der Waals surface area contributed by atoms with E-state index in [9.17, 15) is 0 Å². The van der Waals surface area contributed by atoms with E-state index in [1.165, 1.54) is 11.3 Å². The van der Waals surface area contributed by atoms with Gasteiger partial charge in [0, 0.05) is 4.88 Å². The molecule has 0 aliphatic rings. The first-order valence-electron chi connectivity index (χ1n) is 2.75. The third-order valence-electron chi connectivity index (χ3n) is 1.20. The van der Waals surface area contributed by atoms with Gasteiger partial charge in [0.05, 0.1) is 7.11 Å². The van der Waals surface area contributed by atoms with Crippen LogP contribution in [0.15, 0.2) is 0 Å². The standard InChI is InChI=1S/C6H8ClNOS/c1-3-5(9-2)4(7)6(8)10-3/h8H2,1-2H3. The normalized spacial score (nSPS) is 9.90. The van der Waals surface area contributed by atoms with Crippen LogP contribution in [0, 0.1) is 6.92 Å². The van der Waals surface area contributed by atoms with E-state index in [2.05, 4.69) is 0 Å². The van der Waals surface area contributed by atoms with Crippen LogP contribution in [0.1, 0.15) is 4.88 Å². The average Bonchev–Trinajstić information content (AvgIpc) is 2.09. The SMILES string of the molecule is COc1c(C)sc(N)c1Cl. The molecule has 10 heavy (non-hydrogen) atoms. The van der Waals surface area contributed by atoms with Crippen LogP contribution in [0.3, 0.4) is 0 Å². The van der Waals surface area contributed by atoms with Crippen LogP contribution in [-0.4, -0.2) is 7.11 Å². The molecule has 0 saturated heterocycles. The summed E-state index contributed by atoms with van der Waals surface area (Å²) >= 11 is 7.22. The number of rotatable bonds is 1. The number of anilines is 1. The number of nitrogens with two attached hydrogens (primary N) is 1. The Hall–Kier alpha value is -0.410. The summed E-state index contributed by atoms with van der Waals surface area (Å²) in [4.78, 5) is 1.02. The maximum atomic E-state index is 5.77. The Labute approximate surface area is 68.6 Å². The molecule has 0 fully saturated rings. The minimum absolute atomic E-state index is 0.532. The van der Waals surface area contributed by atoms with Crippen molar-refractivity contribution in [3.63, 3.8) is 0 Å². The first kappa shape index (κ1) is 7.69.